The van der Waals surface area contributed by atoms with Crippen LogP contribution in [0.2, 0.25) is 0 Å². The Morgan fingerprint density at radius 1 is 1.00 bits per heavy atom. The van der Waals surface area contributed by atoms with Gasteiger partial charge < -0.3 is 35.5 Å². The molecule has 0 aliphatic carbocycles. The van der Waals surface area contributed by atoms with Crippen LogP contribution >= 0.6 is 0 Å². The number of ether oxygens (including phenoxy) is 1. The number of piperazine rings is 1. The molecule has 328 valence electrons. The summed E-state index contributed by atoms with van der Waals surface area (Å²) in [5, 5.41) is 16.8. The average molecular weight is 845 g/mol. The van der Waals surface area contributed by atoms with E-state index in [-0.39, 0.29) is 24.1 Å². The molecule has 4 amide bonds. The highest BCUT2D eigenvalue weighted by atomic mass is 16.5. The first kappa shape index (κ1) is 44.1. The lowest BCUT2D eigenvalue weighted by Crippen LogP contribution is -2.52. The molecule has 0 spiro atoms. The highest BCUT2D eigenvalue weighted by Crippen LogP contribution is 2.32. The topological polar surface area (TPSA) is 176 Å². The van der Waals surface area contributed by atoms with Crippen LogP contribution in [0.15, 0.2) is 59.4 Å². The number of unbranched alkanes of at least 4 members (excludes halogenated alkanes) is 1. The van der Waals surface area contributed by atoms with E-state index < -0.39 is 11.9 Å². The monoisotopic (exact) mass is 844 g/mol. The van der Waals surface area contributed by atoms with Crippen molar-refractivity contribution < 1.29 is 23.9 Å². The number of nitrogens with one attached hydrogen (secondary N) is 4. The molecule has 5 heterocycles. The van der Waals surface area contributed by atoms with Crippen LogP contribution in [0, 0.1) is 18.3 Å². The van der Waals surface area contributed by atoms with E-state index in [9.17, 15) is 19.2 Å². The van der Waals surface area contributed by atoms with Gasteiger partial charge in [0.05, 0.1) is 35.6 Å². The number of anilines is 2. The molecular formula is C47H60N10O5. The molecule has 2 aromatic carbocycles. The van der Waals surface area contributed by atoms with Crippen LogP contribution in [0.5, 0.6) is 0 Å². The zero-order valence-electron chi connectivity index (χ0n) is 36.5. The number of fused-ring (bicyclic) bond motifs is 4. The SMILES string of the molecule is CN/C1=C(\C=N)c2cc(cc(C)n2)C(=O)/N=C\Nc2ccc(CN3CCN(CCCCc4cccc5c4CN(C4CCC(=O)NC4=O)C5=O)CC3)cc2N(C)C[C@H](C)CCCO1. The maximum Gasteiger partial charge on any atom is 0.278 e. The summed E-state index contributed by atoms with van der Waals surface area (Å²) in [5.41, 5.74) is 7.94. The summed E-state index contributed by atoms with van der Waals surface area (Å²) < 4.78 is 6.12. The second kappa shape index (κ2) is 20.3. The normalized spacial score (nSPS) is 22.5. The quantitative estimate of drug-likeness (QED) is 0.123. The van der Waals surface area contributed by atoms with Gasteiger partial charge in [-0.05, 0) is 105 Å². The van der Waals surface area contributed by atoms with Gasteiger partial charge in [0, 0.05) is 89.4 Å². The molecule has 2 saturated heterocycles. The number of carbonyl (C=O) groups excluding carboxylic acids is 4. The van der Waals surface area contributed by atoms with Crippen molar-refractivity contribution in [1.82, 2.24) is 30.3 Å². The molecule has 0 radical (unpaired) electrons. The predicted molar refractivity (Wildman–Crippen MR) is 241 cm³/mol. The standard InChI is InChI=1S/C47H60N10O5/c1-31-9-8-22-62-46(49-3)37(26-48)40-25-35(23-32(2)52-40)44(59)51-30-50-39-14-13-33(24-42(39)54(4)27-31)28-56-20-18-55(19-21-56)17-6-5-10-34-11-7-12-36-38(34)29-57(47(36)61)41-15-16-43(58)53-45(41)60/h7,11-14,23-26,30-31,41,48-49H,5-6,8-10,15-22,27-29H2,1-4H3,(H,50,51,59)(H,53,58,60)/b46-37-,48-26?/t31-,41?/m1/s1. The van der Waals surface area contributed by atoms with Gasteiger partial charge in [-0.1, -0.05) is 25.1 Å². The molecule has 4 aliphatic heterocycles. The number of aliphatic imine (C=N–C) groups is 1. The Bertz CT molecular complexity index is 2230. The second-order valence-electron chi connectivity index (χ2n) is 17.0. The molecule has 15 nitrogen and oxygen atoms in total. The van der Waals surface area contributed by atoms with Gasteiger partial charge in [0.25, 0.3) is 11.8 Å². The van der Waals surface area contributed by atoms with Crippen molar-refractivity contribution in [2.24, 2.45) is 10.9 Å². The van der Waals surface area contributed by atoms with E-state index in [2.05, 4.69) is 78.9 Å². The number of rotatable bonds is 10. The van der Waals surface area contributed by atoms with Gasteiger partial charge in [-0.25, -0.2) is 0 Å². The summed E-state index contributed by atoms with van der Waals surface area (Å²) >= 11 is 0. The van der Waals surface area contributed by atoms with E-state index in [0.717, 1.165) is 94.9 Å². The number of aryl methyl sites for hydroxylation is 2. The van der Waals surface area contributed by atoms with Crippen molar-refractivity contribution in [2.75, 3.05) is 70.2 Å². The van der Waals surface area contributed by atoms with Gasteiger partial charge in [-0.2, -0.15) is 4.99 Å². The molecule has 4 aliphatic rings. The summed E-state index contributed by atoms with van der Waals surface area (Å²) in [6, 6.07) is 15.1. The Balaban J connectivity index is 0.935. The van der Waals surface area contributed by atoms with Crippen molar-refractivity contribution in [3.05, 3.63) is 93.6 Å². The Hall–Kier alpha value is -5.93. The van der Waals surface area contributed by atoms with Gasteiger partial charge in [-0.3, -0.25) is 34.4 Å². The minimum atomic E-state index is -0.600. The predicted octanol–water partition coefficient (Wildman–Crippen LogP) is 4.99. The Labute approximate surface area is 364 Å². The van der Waals surface area contributed by atoms with Crippen LogP contribution in [0.25, 0.3) is 5.57 Å². The highest BCUT2D eigenvalue weighted by Gasteiger charge is 2.39. The number of amides is 4. The lowest BCUT2D eigenvalue weighted by molar-refractivity contribution is -0.136. The summed E-state index contributed by atoms with van der Waals surface area (Å²) in [4.78, 5) is 68.6. The fourth-order valence-corrected chi connectivity index (χ4v) is 9.05. The first-order valence-electron chi connectivity index (χ1n) is 21.9. The van der Waals surface area contributed by atoms with Crippen molar-refractivity contribution in [2.45, 2.75) is 77.9 Å². The van der Waals surface area contributed by atoms with E-state index >= 15 is 0 Å². The molecule has 1 unspecified atom stereocenters. The minimum Gasteiger partial charge on any atom is -0.479 e. The van der Waals surface area contributed by atoms with Crippen molar-refractivity contribution in [1.29, 1.82) is 5.41 Å². The number of pyridine rings is 1. The zero-order valence-corrected chi connectivity index (χ0v) is 36.5. The van der Waals surface area contributed by atoms with Crippen LogP contribution < -0.4 is 20.9 Å². The molecule has 2 fully saturated rings. The van der Waals surface area contributed by atoms with Gasteiger partial charge in [0.15, 0.2) is 5.88 Å². The number of imide groups is 1. The Kier molecular flexibility index (Phi) is 14.4. The molecule has 1 aromatic heterocycles. The molecule has 0 saturated carbocycles. The summed E-state index contributed by atoms with van der Waals surface area (Å²) in [7, 11) is 3.86. The van der Waals surface area contributed by atoms with Crippen molar-refractivity contribution >= 4 is 53.1 Å². The van der Waals surface area contributed by atoms with Crippen molar-refractivity contribution in [3.8, 4) is 0 Å². The summed E-state index contributed by atoms with van der Waals surface area (Å²) in [5.74, 6) is -0.377. The third-order valence-corrected chi connectivity index (χ3v) is 12.4. The summed E-state index contributed by atoms with van der Waals surface area (Å²) in [6.07, 6.45) is 8.01. The van der Waals surface area contributed by atoms with E-state index in [4.69, 9.17) is 10.1 Å². The number of aromatic nitrogens is 1. The van der Waals surface area contributed by atoms with Crippen LogP contribution in [0.1, 0.15) is 94.2 Å². The number of benzene rings is 2. The average Bonchev–Trinajstić information content (AvgIpc) is 3.59. The minimum absolute atomic E-state index is 0.123. The Morgan fingerprint density at radius 2 is 1.81 bits per heavy atom. The fraction of sp³-hybridized carbons (Fsp3) is 0.468. The largest absolute Gasteiger partial charge is 0.479 e. The summed E-state index contributed by atoms with van der Waals surface area (Å²) in [6.45, 7) is 11.6. The van der Waals surface area contributed by atoms with Crippen molar-refractivity contribution in [3.63, 3.8) is 0 Å². The number of allylic oxidation sites excluding steroid dienone is 1. The first-order valence-corrected chi connectivity index (χ1v) is 21.9. The smallest absolute Gasteiger partial charge is 0.278 e. The molecule has 2 atom stereocenters. The molecule has 62 heavy (non-hydrogen) atoms. The third kappa shape index (κ3) is 10.6. The zero-order chi connectivity index (χ0) is 43.8. The fourth-order valence-electron chi connectivity index (χ4n) is 9.05. The molecular weight excluding hydrogens is 785 g/mol. The van der Waals surface area contributed by atoms with E-state index in [0.29, 0.717) is 59.5 Å². The number of piperidine rings is 1. The molecule has 3 aromatic rings. The molecule has 2 bridgehead atoms. The number of hydrogen-bond acceptors (Lipinski definition) is 12. The molecule has 15 heteroatoms. The maximum atomic E-state index is 13.3. The maximum absolute atomic E-state index is 13.3. The highest BCUT2D eigenvalue weighted by molar-refractivity contribution is 6.09. The van der Waals surface area contributed by atoms with Gasteiger partial charge in [0.2, 0.25) is 11.8 Å². The second-order valence-corrected chi connectivity index (χ2v) is 17.0. The van der Waals surface area contributed by atoms with Gasteiger partial charge in [-0.15, -0.1) is 0 Å². The van der Waals surface area contributed by atoms with E-state index in [1.54, 1.807) is 24.1 Å². The van der Waals surface area contributed by atoms with Crippen LogP contribution in [-0.2, 0) is 33.8 Å². The molecule has 4 N–H and O–H groups in total. The van der Waals surface area contributed by atoms with Crippen LogP contribution in [0.4, 0.5) is 11.4 Å². The third-order valence-electron chi connectivity index (χ3n) is 12.4. The first-order chi connectivity index (χ1) is 30.0. The number of nitrogens with zero attached hydrogens (tertiary/aromatic N) is 6. The lowest BCUT2D eigenvalue weighted by atomic mass is 9.98. The van der Waals surface area contributed by atoms with Gasteiger partial charge in [0.1, 0.15) is 6.04 Å². The van der Waals surface area contributed by atoms with Crippen LogP contribution in [-0.4, -0.2) is 122 Å². The van der Waals surface area contributed by atoms with Crippen LogP contribution in [0.3, 0.4) is 0 Å². The number of carbonyl (C=O) groups is 4. The van der Waals surface area contributed by atoms with E-state index in [1.165, 1.54) is 23.7 Å². The van der Waals surface area contributed by atoms with E-state index in [1.807, 2.05) is 19.1 Å². The number of hydrogen-bond donors (Lipinski definition) is 4. The van der Waals surface area contributed by atoms with Gasteiger partial charge >= 0.3 is 0 Å². The lowest BCUT2D eigenvalue weighted by Gasteiger charge is -2.35. The Morgan fingerprint density at radius 3 is 2.58 bits per heavy atom. The molecule has 7 rings (SSSR count).